The maximum atomic E-state index is 12.7. The molecule has 0 spiro atoms. The Hall–Kier alpha value is -14.5. The van der Waals surface area contributed by atoms with Gasteiger partial charge in [-0.3, -0.25) is 14.4 Å². The summed E-state index contributed by atoms with van der Waals surface area (Å²) in [5.41, 5.74) is 77.4. The molecule has 25 N–H and O–H groups in total. The summed E-state index contributed by atoms with van der Waals surface area (Å²) in [4.78, 5) is 98.0. The fourth-order valence-corrected chi connectivity index (χ4v) is 19.9. The first kappa shape index (κ1) is 104. The van der Waals surface area contributed by atoms with E-state index < -0.39 is 0 Å². The zero-order chi connectivity index (χ0) is 102. The summed E-state index contributed by atoms with van der Waals surface area (Å²) in [6.45, 7) is 13.9. The topological polar surface area (TPSA) is 593 Å². The summed E-state index contributed by atoms with van der Waals surface area (Å²) in [6, 6.07) is 56.5. The largest absolute Gasteiger partial charge is 0.492 e. The first-order chi connectivity index (χ1) is 70.6. The van der Waals surface area contributed by atoms with E-state index in [2.05, 4.69) is 133 Å². The van der Waals surface area contributed by atoms with Gasteiger partial charge in [-0.2, -0.15) is 29.9 Å². The second kappa shape index (κ2) is 49.4. The number of piperidine rings is 6. The zero-order valence-electron chi connectivity index (χ0n) is 81.4. The number of hydrogen-bond donors (Lipinski definition) is 13. The number of ether oxygens (including phenoxy) is 5. The molecular weight excluding hydrogens is 2100 g/mol. The van der Waals surface area contributed by atoms with E-state index in [1.165, 1.54) is 32.1 Å². The third-order valence-electron chi connectivity index (χ3n) is 26.7. The van der Waals surface area contributed by atoms with Crippen molar-refractivity contribution in [3.63, 3.8) is 0 Å². The third kappa shape index (κ3) is 27.2. The van der Waals surface area contributed by atoms with E-state index in [1.54, 1.807) is 24.3 Å². The molecule has 762 valence electrons. The molecule has 9 aromatic carbocycles. The Balaban J connectivity index is 0.000000126. The van der Waals surface area contributed by atoms with Gasteiger partial charge in [-0.25, -0.2) is 29.9 Å². The summed E-state index contributed by atoms with van der Waals surface area (Å²) in [6.07, 6.45) is 13.7. The van der Waals surface area contributed by atoms with E-state index in [0.29, 0.717) is 171 Å². The molecule has 6 saturated heterocycles. The van der Waals surface area contributed by atoms with E-state index in [9.17, 15) is 14.4 Å². The Bertz CT molecular complexity index is 6920. The number of halogens is 3. The van der Waals surface area contributed by atoms with Crippen LogP contribution in [0, 0.1) is 36.7 Å². The summed E-state index contributed by atoms with van der Waals surface area (Å²) >= 11 is 10.5. The van der Waals surface area contributed by atoms with Gasteiger partial charge in [-0.15, -0.1) is 0 Å². The zero-order valence-corrected chi connectivity index (χ0v) is 86.4. The Morgan fingerprint density at radius 3 is 0.918 bits per heavy atom. The molecule has 38 nitrogen and oxygen atoms in total. The second-order valence-electron chi connectivity index (χ2n) is 37.0. The molecule has 12 heterocycles. The van der Waals surface area contributed by atoms with Gasteiger partial charge in [0.1, 0.15) is 63.7 Å². The summed E-state index contributed by atoms with van der Waals surface area (Å²) in [5.74, 6) is 9.15. The van der Waals surface area contributed by atoms with Gasteiger partial charge in [0.15, 0.2) is 0 Å². The SMILES string of the molecule is CN1CCC(COc2cccc3nc(N)nc(N)c23)CC1.Nc1nc(N)c2c(N3CCCCC3)cccc2n1.Nc1nc(N)c2c(OCC3CCN(C(=O)c4ccc(I)cc4)CC3)cccc2n1.Nc1nc(N)c2c(OCC3CCN(C(=O)c4cccc(Cl)c4)CC3)cccc2n1.Nc1nc(N)c2c(OCC3CCN(C(=O)c4cccc(I)c4)CC3)cccc2n1.Nc1nc(N)c2c(OCC3CCNCC3)cccc2n1. The van der Waals surface area contributed by atoms with Crippen LogP contribution in [0.4, 0.5) is 76.3 Å². The highest BCUT2D eigenvalue weighted by atomic mass is 127. The van der Waals surface area contributed by atoms with Crippen LogP contribution in [-0.2, 0) is 0 Å². The molecule has 3 amide bonds. The number of benzene rings is 9. The number of rotatable bonds is 19. The molecule has 41 heteroatoms. The van der Waals surface area contributed by atoms with Gasteiger partial charge in [-0.1, -0.05) is 60.1 Å². The maximum Gasteiger partial charge on any atom is 0.253 e. The van der Waals surface area contributed by atoms with E-state index >= 15 is 0 Å². The second-order valence-corrected chi connectivity index (χ2v) is 39.9. The number of anilines is 13. The Labute approximate surface area is 877 Å². The Kier molecular flexibility index (Phi) is 35.3. The Morgan fingerprint density at radius 2 is 0.589 bits per heavy atom. The van der Waals surface area contributed by atoms with Crippen molar-refractivity contribution in [1.82, 2.24) is 84.7 Å². The van der Waals surface area contributed by atoms with Crippen molar-refractivity contribution in [2.45, 2.75) is 83.5 Å². The lowest BCUT2D eigenvalue weighted by atomic mass is 9.97. The fourth-order valence-electron chi connectivity index (χ4n) is 18.8. The van der Waals surface area contributed by atoms with Gasteiger partial charge in [0.05, 0.1) is 98.5 Å². The number of nitrogens with zero attached hydrogens (tertiary/aromatic N) is 17. The van der Waals surface area contributed by atoms with Crippen LogP contribution < -0.4 is 103 Å². The number of nitrogens with two attached hydrogens (primary N) is 12. The minimum absolute atomic E-state index is 0.0171. The number of fused-ring (bicyclic) bond motifs is 6. The van der Waals surface area contributed by atoms with E-state index in [1.807, 2.05) is 166 Å². The van der Waals surface area contributed by atoms with Gasteiger partial charge >= 0.3 is 0 Å². The predicted octanol–water partition coefficient (Wildman–Crippen LogP) is 14.5. The third-order valence-corrected chi connectivity index (χ3v) is 28.3. The first-order valence-electron chi connectivity index (χ1n) is 49.0. The summed E-state index contributed by atoms with van der Waals surface area (Å²) < 4.78 is 32.3. The lowest BCUT2D eigenvalue weighted by Crippen LogP contribution is -2.39. The van der Waals surface area contributed by atoms with Crippen LogP contribution in [0.2, 0.25) is 5.02 Å². The van der Waals surface area contributed by atoms with Gasteiger partial charge < -0.3 is 122 Å². The molecule has 6 aromatic heterocycles. The summed E-state index contributed by atoms with van der Waals surface area (Å²) in [5, 5.41) is 8.39. The van der Waals surface area contributed by atoms with Crippen molar-refractivity contribution < 1.29 is 38.1 Å². The molecule has 0 atom stereocenters. The molecule has 0 unspecified atom stereocenters. The molecule has 0 aliphatic carbocycles. The average molecular weight is 2220 g/mol. The number of carbonyl (C=O) groups is 3. The van der Waals surface area contributed by atoms with Crippen LogP contribution in [0.3, 0.4) is 0 Å². The highest BCUT2D eigenvalue weighted by Crippen LogP contribution is 2.39. The molecule has 0 saturated carbocycles. The average Bonchev–Trinajstić information content (AvgIpc) is 0.838. The molecule has 6 fully saturated rings. The van der Waals surface area contributed by atoms with Crippen molar-refractivity contribution >= 4 is 216 Å². The number of nitrogen functional groups attached to an aromatic ring is 12. The minimum atomic E-state index is 0.0171. The lowest BCUT2D eigenvalue weighted by molar-refractivity contribution is 0.0655. The smallest absolute Gasteiger partial charge is 0.253 e. The van der Waals surface area contributed by atoms with Crippen LogP contribution >= 0.6 is 56.8 Å². The van der Waals surface area contributed by atoms with Crippen molar-refractivity contribution in [3.05, 3.63) is 211 Å². The monoisotopic (exact) mass is 2220 g/mol. The van der Waals surface area contributed by atoms with Gasteiger partial charge in [-0.05, 0) is 325 Å². The number of aromatic nitrogens is 12. The normalized spacial score (nSPS) is 15.6. The molecule has 6 aliphatic rings. The minimum Gasteiger partial charge on any atom is -0.492 e. The Morgan fingerprint density at radius 1 is 0.308 bits per heavy atom. The molecule has 0 bridgehead atoms. The van der Waals surface area contributed by atoms with Crippen molar-refractivity contribution in [2.75, 3.05) is 192 Å². The van der Waals surface area contributed by atoms with Gasteiger partial charge in [0, 0.05) is 86.9 Å². The number of nitrogens with one attached hydrogen (secondary N) is 1. The van der Waals surface area contributed by atoms with Gasteiger partial charge in [0.2, 0.25) is 35.7 Å². The molecule has 15 aromatic rings. The number of carbonyl (C=O) groups excluding carboxylic acids is 3. The highest BCUT2D eigenvalue weighted by Gasteiger charge is 2.31. The van der Waals surface area contributed by atoms with Crippen LogP contribution in [-0.4, -0.2) is 216 Å². The van der Waals surface area contributed by atoms with Crippen molar-refractivity contribution in [2.24, 2.45) is 29.6 Å². The van der Waals surface area contributed by atoms with Crippen molar-refractivity contribution in [3.8, 4) is 28.7 Å². The molecule has 0 radical (unpaired) electrons. The van der Waals surface area contributed by atoms with Crippen LogP contribution in [0.5, 0.6) is 28.7 Å². The highest BCUT2D eigenvalue weighted by molar-refractivity contribution is 14.1. The molecule has 146 heavy (non-hydrogen) atoms. The number of hydrogen-bond acceptors (Lipinski definition) is 35. The molecule has 6 aliphatic heterocycles. The summed E-state index contributed by atoms with van der Waals surface area (Å²) in [7, 11) is 2.16. The number of amides is 3. The van der Waals surface area contributed by atoms with Crippen LogP contribution in [0.15, 0.2) is 182 Å². The first-order valence-corrected chi connectivity index (χ1v) is 51.5. The van der Waals surface area contributed by atoms with E-state index in [0.717, 1.165) is 185 Å². The van der Waals surface area contributed by atoms with Gasteiger partial charge in [0.25, 0.3) is 17.7 Å². The fraction of sp³-hybridized carbons (Fsp3) is 0.343. The van der Waals surface area contributed by atoms with E-state index in [-0.39, 0.29) is 53.4 Å². The molecule has 21 rings (SSSR count). The van der Waals surface area contributed by atoms with Crippen LogP contribution in [0.1, 0.15) is 115 Å². The standard InChI is InChI=1S/C21H22ClN5O2.2C21H22IN5O2.C15H21N5O.C14H19N5O.C13H17N5/c2*22-15-4-1-3-14(11-15)20(28)27-9-7-13(8-10-27)12-29-17-6-2-5-16-18(17)19(23)26-21(24)25-16;22-15-6-4-14(5-7-15)20(28)27-10-8-13(9-11-27)12-29-17-3-1-2-16-18(17)19(23)26-21(24)25-16;1-20-7-5-10(6-8-20)9-21-12-4-2-3-11-13(12)14(16)19-15(17)18-11;15-13-12-10(18-14(16)19-13)2-1-3-11(12)20-8-9-4-6-17-7-5-9;14-12-11-9(16-13(15)17-12)5-4-6-10(11)18-7-2-1-3-8-18/h2*1-6,11,13H,7-10,12H2,(H4,23,24,25,26);1-7,13H,8-12H2,(H4,23,24,25,26);2-4,10H,5-9H2,1H3,(H4,16,17,18,19);1-3,9,17H,4-8H2,(H4,15,16,18,19);4-6H,1-3,7-8H2,(H4,14,15,16,17). The molecular formula is C105H123ClI2N30O8. The van der Waals surface area contributed by atoms with Crippen molar-refractivity contribution in [1.29, 1.82) is 0 Å². The quantitative estimate of drug-likeness (QED) is 0.0334. The van der Waals surface area contributed by atoms with Crippen LogP contribution in [0.25, 0.3) is 65.4 Å². The predicted molar refractivity (Wildman–Crippen MR) is 595 cm³/mol. The lowest BCUT2D eigenvalue weighted by Gasteiger charge is -2.32. The number of likely N-dealkylation sites (tertiary alicyclic amines) is 4. The maximum absolute atomic E-state index is 12.7. The van der Waals surface area contributed by atoms with E-state index in [4.69, 9.17) is 104 Å².